The molecule has 0 atom stereocenters. The summed E-state index contributed by atoms with van der Waals surface area (Å²) < 4.78 is 39.2. The van der Waals surface area contributed by atoms with E-state index >= 15 is 0 Å². The molecule has 0 radical (unpaired) electrons. The molecule has 20 heavy (non-hydrogen) atoms. The number of H-pyrrole nitrogens is 1. The van der Waals surface area contributed by atoms with Gasteiger partial charge in [-0.25, -0.2) is 9.61 Å². The van der Waals surface area contributed by atoms with Crippen molar-refractivity contribution in [1.29, 1.82) is 0 Å². The maximum absolute atomic E-state index is 12.7. The number of halogens is 3. The molecule has 0 unspecified atom stereocenters. The second kappa shape index (κ2) is 4.19. The van der Waals surface area contributed by atoms with E-state index in [0.29, 0.717) is 0 Å². The van der Waals surface area contributed by atoms with Gasteiger partial charge in [-0.15, -0.1) is 0 Å². The topological polar surface area (TPSA) is 63.0 Å². The lowest BCUT2D eigenvalue weighted by Crippen LogP contribution is -2.10. The Morgan fingerprint density at radius 1 is 1.20 bits per heavy atom. The lowest BCUT2D eigenvalue weighted by atomic mass is 10.1. The monoisotopic (exact) mass is 280 g/mol. The molecule has 0 aliphatic rings. The molecule has 2 aromatic heterocycles. The maximum atomic E-state index is 12.7. The van der Waals surface area contributed by atoms with Crippen LogP contribution in [0.4, 0.5) is 13.2 Å². The fourth-order valence-electron chi connectivity index (χ4n) is 1.85. The predicted molar refractivity (Wildman–Crippen MR) is 64.0 cm³/mol. The molecule has 0 aliphatic heterocycles. The van der Waals surface area contributed by atoms with E-state index in [1.165, 1.54) is 29.0 Å². The zero-order valence-corrected chi connectivity index (χ0v) is 9.85. The van der Waals surface area contributed by atoms with E-state index in [-0.39, 0.29) is 16.8 Å². The molecule has 1 aromatic carbocycles. The van der Waals surface area contributed by atoms with E-state index < -0.39 is 17.3 Å². The van der Waals surface area contributed by atoms with Gasteiger partial charge in [0.15, 0.2) is 0 Å². The van der Waals surface area contributed by atoms with Crippen molar-refractivity contribution in [2.45, 2.75) is 6.18 Å². The van der Waals surface area contributed by atoms with Crippen molar-refractivity contribution in [3.63, 3.8) is 0 Å². The van der Waals surface area contributed by atoms with Gasteiger partial charge in [-0.3, -0.25) is 4.79 Å². The first-order chi connectivity index (χ1) is 9.45. The number of nitrogens with zero attached hydrogens (tertiary/aromatic N) is 3. The lowest BCUT2D eigenvalue weighted by Gasteiger charge is -2.07. The molecule has 0 aliphatic carbocycles. The number of benzene rings is 1. The number of alkyl halides is 3. The van der Waals surface area contributed by atoms with Gasteiger partial charge in [-0.2, -0.15) is 23.4 Å². The number of fused-ring (bicyclic) bond motifs is 1. The molecule has 3 aromatic rings. The van der Waals surface area contributed by atoms with Crippen LogP contribution in [0.5, 0.6) is 0 Å². The summed E-state index contributed by atoms with van der Waals surface area (Å²) in [5.41, 5.74) is -0.456. The first-order valence-corrected chi connectivity index (χ1v) is 5.56. The van der Waals surface area contributed by atoms with Gasteiger partial charge in [0.25, 0.3) is 5.56 Å². The van der Waals surface area contributed by atoms with Crippen molar-refractivity contribution in [2.75, 3.05) is 0 Å². The minimum atomic E-state index is -4.42. The highest BCUT2D eigenvalue weighted by atomic mass is 19.4. The summed E-state index contributed by atoms with van der Waals surface area (Å²) in [5.74, 6) is 0. The van der Waals surface area contributed by atoms with Gasteiger partial charge in [0.05, 0.1) is 11.3 Å². The summed E-state index contributed by atoms with van der Waals surface area (Å²) in [6.45, 7) is 0. The Morgan fingerprint density at radius 3 is 2.70 bits per heavy atom. The number of aromatic amines is 1. The van der Waals surface area contributed by atoms with Crippen LogP contribution in [0.15, 0.2) is 41.5 Å². The Bertz CT molecular complexity index is 834. The van der Waals surface area contributed by atoms with E-state index in [4.69, 9.17) is 0 Å². The van der Waals surface area contributed by atoms with Crippen LogP contribution in [-0.4, -0.2) is 19.8 Å². The van der Waals surface area contributed by atoms with E-state index in [9.17, 15) is 18.0 Å². The largest absolute Gasteiger partial charge is 0.416 e. The molecule has 8 heteroatoms. The molecule has 5 nitrogen and oxygen atoms in total. The average Bonchev–Trinajstić information content (AvgIpc) is 2.83. The van der Waals surface area contributed by atoms with Gasteiger partial charge >= 0.3 is 6.18 Å². The first-order valence-electron chi connectivity index (χ1n) is 5.56. The van der Waals surface area contributed by atoms with Crippen LogP contribution < -0.4 is 5.56 Å². The average molecular weight is 280 g/mol. The number of aromatic nitrogens is 4. The van der Waals surface area contributed by atoms with Gasteiger partial charge in [0.2, 0.25) is 0 Å². The second-order valence-electron chi connectivity index (χ2n) is 4.12. The lowest BCUT2D eigenvalue weighted by molar-refractivity contribution is -0.137. The fraction of sp³-hybridized carbons (Fsp3) is 0.0833. The minimum Gasteiger partial charge on any atom is -0.266 e. The van der Waals surface area contributed by atoms with Gasteiger partial charge in [0, 0.05) is 5.56 Å². The van der Waals surface area contributed by atoms with Gasteiger partial charge in [-0.05, 0) is 18.2 Å². The van der Waals surface area contributed by atoms with Crippen molar-refractivity contribution >= 4 is 5.52 Å². The predicted octanol–water partition coefficient (Wildman–Crippen LogP) is 2.10. The standard InChI is InChI=1S/C12H7F3N4O/c13-12(14,15)8-3-1-2-7(4-8)9-5-10-11(20)17-16-6-19(10)18-9/h1-6H,(H,17,20). The van der Waals surface area contributed by atoms with Crippen molar-refractivity contribution in [1.82, 2.24) is 19.8 Å². The molecule has 3 rings (SSSR count). The third-order valence-electron chi connectivity index (χ3n) is 2.79. The normalized spacial score (nSPS) is 11.9. The quantitative estimate of drug-likeness (QED) is 0.742. The van der Waals surface area contributed by atoms with E-state index in [2.05, 4.69) is 15.3 Å². The summed E-state index contributed by atoms with van der Waals surface area (Å²) in [7, 11) is 0. The summed E-state index contributed by atoms with van der Waals surface area (Å²) in [5, 5.41) is 9.82. The van der Waals surface area contributed by atoms with Gasteiger partial charge in [0.1, 0.15) is 11.8 Å². The number of hydrogen-bond donors (Lipinski definition) is 1. The van der Waals surface area contributed by atoms with Crippen LogP contribution in [0.25, 0.3) is 16.8 Å². The summed E-state index contributed by atoms with van der Waals surface area (Å²) in [4.78, 5) is 11.5. The molecule has 2 heterocycles. The van der Waals surface area contributed by atoms with Crippen LogP contribution in [0.1, 0.15) is 5.56 Å². The zero-order chi connectivity index (χ0) is 14.3. The Labute approximate surface area is 109 Å². The van der Waals surface area contributed by atoms with Crippen molar-refractivity contribution in [3.05, 3.63) is 52.6 Å². The van der Waals surface area contributed by atoms with Crippen LogP contribution >= 0.6 is 0 Å². The molecule has 0 fully saturated rings. The summed E-state index contributed by atoms with van der Waals surface area (Å²) in [6, 6.07) is 6.18. The second-order valence-corrected chi connectivity index (χ2v) is 4.12. The number of rotatable bonds is 1. The number of hydrogen-bond acceptors (Lipinski definition) is 3. The third-order valence-corrected chi connectivity index (χ3v) is 2.79. The van der Waals surface area contributed by atoms with E-state index in [1.54, 1.807) is 0 Å². The Hall–Kier alpha value is -2.64. The van der Waals surface area contributed by atoms with E-state index in [1.807, 2.05) is 0 Å². The molecule has 102 valence electrons. The molecule has 0 spiro atoms. The van der Waals surface area contributed by atoms with Crippen LogP contribution in [0.3, 0.4) is 0 Å². The molecule has 1 N–H and O–H groups in total. The zero-order valence-electron chi connectivity index (χ0n) is 9.85. The first kappa shape index (κ1) is 12.4. The maximum Gasteiger partial charge on any atom is 0.416 e. The fourth-order valence-corrected chi connectivity index (χ4v) is 1.85. The molecule has 0 amide bonds. The Kier molecular flexibility index (Phi) is 2.60. The van der Waals surface area contributed by atoms with Crippen molar-refractivity contribution < 1.29 is 13.2 Å². The minimum absolute atomic E-state index is 0.215. The summed E-state index contributed by atoms with van der Waals surface area (Å²) in [6.07, 6.45) is -3.15. The van der Waals surface area contributed by atoms with E-state index in [0.717, 1.165) is 12.1 Å². The van der Waals surface area contributed by atoms with Crippen LogP contribution in [0, 0.1) is 0 Å². The highest BCUT2D eigenvalue weighted by molar-refractivity contribution is 5.66. The Morgan fingerprint density at radius 2 is 2.00 bits per heavy atom. The molecular weight excluding hydrogens is 273 g/mol. The SMILES string of the molecule is O=c1[nH]ncn2nc(-c3cccc(C(F)(F)F)c3)cc12. The third kappa shape index (κ3) is 2.04. The molecule has 0 saturated carbocycles. The number of nitrogens with one attached hydrogen (secondary N) is 1. The molecule has 0 bridgehead atoms. The smallest absolute Gasteiger partial charge is 0.266 e. The van der Waals surface area contributed by atoms with Crippen molar-refractivity contribution in [2.24, 2.45) is 0 Å². The highest BCUT2D eigenvalue weighted by Crippen LogP contribution is 2.31. The van der Waals surface area contributed by atoms with Crippen LogP contribution in [-0.2, 0) is 6.18 Å². The van der Waals surface area contributed by atoms with Crippen molar-refractivity contribution in [3.8, 4) is 11.3 Å². The molecule has 0 saturated heterocycles. The van der Waals surface area contributed by atoms with Crippen LogP contribution in [0.2, 0.25) is 0 Å². The summed E-state index contributed by atoms with van der Waals surface area (Å²) >= 11 is 0. The highest BCUT2D eigenvalue weighted by Gasteiger charge is 2.30. The Balaban J connectivity index is 2.16. The molecular formula is C12H7F3N4O. The van der Waals surface area contributed by atoms with Gasteiger partial charge < -0.3 is 0 Å². The van der Waals surface area contributed by atoms with Gasteiger partial charge in [-0.1, -0.05) is 12.1 Å².